The lowest BCUT2D eigenvalue weighted by Crippen LogP contribution is -2.42. The number of H-pyrrole nitrogens is 1. The number of amides is 1. The number of piperidine rings is 1. The molecule has 150 valence electrons. The number of aromatic nitrogens is 3. The first-order valence-corrected chi connectivity index (χ1v) is 9.76. The molecule has 0 saturated carbocycles. The van der Waals surface area contributed by atoms with Crippen LogP contribution in [0.3, 0.4) is 0 Å². The molecule has 4 rings (SSSR count). The van der Waals surface area contributed by atoms with Gasteiger partial charge in [-0.15, -0.1) is 0 Å². The minimum atomic E-state index is -0.0823. The van der Waals surface area contributed by atoms with E-state index in [1.54, 1.807) is 17.7 Å². The van der Waals surface area contributed by atoms with Crippen LogP contribution >= 0.6 is 0 Å². The van der Waals surface area contributed by atoms with Gasteiger partial charge in [-0.1, -0.05) is 30.3 Å². The first kappa shape index (κ1) is 19.0. The van der Waals surface area contributed by atoms with E-state index in [-0.39, 0.29) is 17.6 Å². The highest BCUT2D eigenvalue weighted by atomic mass is 16.5. The summed E-state index contributed by atoms with van der Waals surface area (Å²) in [6.07, 6.45) is 1.44. The van der Waals surface area contributed by atoms with Gasteiger partial charge in [-0.3, -0.25) is 14.7 Å². The molecule has 1 amide bonds. The summed E-state index contributed by atoms with van der Waals surface area (Å²) < 4.78 is 7.58. The van der Waals surface area contributed by atoms with Crippen LogP contribution in [0, 0.1) is 6.92 Å². The van der Waals surface area contributed by atoms with Crippen LogP contribution < -0.4 is 10.3 Å². The first-order valence-electron chi connectivity index (χ1n) is 9.76. The SMILES string of the molecule is Cc1cc(OC2CCN(C(=O)c3cc(-c4ccccc4)n[nH]3)CC2)cc(=O)n1C. The lowest BCUT2D eigenvalue weighted by molar-refractivity contribution is 0.0589. The summed E-state index contributed by atoms with van der Waals surface area (Å²) >= 11 is 0. The van der Waals surface area contributed by atoms with Crippen LogP contribution in [-0.2, 0) is 7.05 Å². The van der Waals surface area contributed by atoms with Crippen LogP contribution in [0.2, 0.25) is 0 Å². The Hall–Kier alpha value is -3.35. The molecular weight excluding hydrogens is 368 g/mol. The molecule has 3 heterocycles. The monoisotopic (exact) mass is 392 g/mol. The van der Waals surface area contributed by atoms with Gasteiger partial charge < -0.3 is 14.2 Å². The Morgan fingerprint density at radius 1 is 1.14 bits per heavy atom. The highest BCUT2D eigenvalue weighted by Crippen LogP contribution is 2.21. The Morgan fingerprint density at radius 3 is 2.55 bits per heavy atom. The smallest absolute Gasteiger partial charge is 0.271 e. The molecule has 1 aliphatic heterocycles. The molecule has 3 aromatic rings. The van der Waals surface area contributed by atoms with Crippen LogP contribution in [0.1, 0.15) is 29.0 Å². The number of ether oxygens (including phenoxy) is 1. The molecular formula is C22H24N4O3. The normalized spacial score (nSPS) is 14.8. The van der Waals surface area contributed by atoms with Crippen molar-refractivity contribution in [2.24, 2.45) is 7.05 Å². The minimum Gasteiger partial charge on any atom is -0.490 e. The van der Waals surface area contributed by atoms with E-state index < -0.39 is 0 Å². The molecule has 29 heavy (non-hydrogen) atoms. The zero-order valence-electron chi connectivity index (χ0n) is 16.6. The van der Waals surface area contributed by atoms with Crippen LogP contribution in [-0.4, -0.2) is 44.8 Å². The van der Waals surface area contributed by atoms with E-state index in [0.29, 0.717) is 24.5 Å². The fraction of sp³-hybridized carbons (Fsp3) is 0.318. The van der Waals surface area contributed by atoms with Gasteiger partial charge in [0.2, 0.25) is 0 Å². The summed E-state index contributed by atoms with van der Waals surface area (Å²) in [6.45, 7) is 3.09. The number of likely N-dealkylation sites (tertiary alicyclic amines) is 1. The van der Waals surface area contributed by atoms with Crippen molar-refractivity contribution in [2.45, 2.75) is 25.9 Å². The second-order valence-electron chi connectivity index (χ2n) is 7.37. The summed E-state index contributed by atoms with van der Waals surface area (Å²) in [5.41, 5.74) is 2.99. The summed E-state index contributed by atoms with van der Waals surface area (Å²) in [6, 6.07) is 14.9. The second kappa shape index (κ2) is 7.95. The maximum absolute atomic E-state index is 12.8. The predicted molar refractivity (Wildman–Crippen MR) is 110 cm³/mol. The molecule has 0 radical (unpaired) electrons. The van der Waals surface area contributed by atoms with Crippen molar-refractivity contribution in [1.29, 1.82) is 0 Å². The van der Waals surface area contributed by atoms with Gasteiger partial charge >= 0.3 is 0 Å². The van der Waals surface area contributed by atoms with Crippen molar-refractivity contribution in [3.63, 3.8) is 0 Å². The molecule has 0 unspecified atom stereocenters. The van der Waals surface area contributed by atoms with Crippen LogP contribution in [0.25, 0.3) is 11.3 Å². The Morgan fingerprint density at radius 2 is 1.86 bits per heavy atom. The number of pyridine rings is 1. The van der Waals surface area contributed by atoms with Gasteiger partial charge in [0.25, 0.3) is 11.5 Å². The maximum Gasteiger partial charge on any atom is 0.271 e. The molecule has 1 fully saturated rings. The molecule has 1 N–H and O–H groups in total. The number of hydrogen-bond acceptors (Lipinski definition) is 4. The van der Waals surface area contributed by atoms with Gasteiger partial charge in [-0.25, -0.2) is 0 Å². The molecule has 2 aromatic heterocycles. The minimum absolute atomic E-state index is 0.00722. The zero-order chi connectivity index (χ0) is 20.4. The largest absolute Gasteiger partial charge is 0.490 e. The molecule has 1 saturated heterocycles. The third-order valence-corrected chi connectivity index (χ3v) is 5.39. The van der Waals surface area contributed by atoms with Crippen molar-refractivity contribution in [2.75, 3.05) is 13.1 Å². The van der Waals surface area contributed by atoms with Gasteiger partial charge in [-0.05, 0) is 19.1 Å². The molecule has 0 bridgehead atoms. The Bertz CT molecular complexity index is 1060. The molecule has 7 nitrogen and oxygen atoms in total. The van der Waals surface area contributed by atoms with Gasteiger partial charge in [0.15, 0.2) is 0 Å². The summed E-state index contributed by atoms with van der Waals surface area (Å²) in [5, 5.41) is 7.13. The van der Waals surface area contributed by atoms with E-state index in [1.807, 2.05) is 48.2 Å². The van der Waals surface area contributed by atoms with Gasteiger partial charge in [-0.2, -0.15) is 5.10 Å². The van der Waals surface area contributed by atoms with E-state index >= 15 is 0 Å². The number of carbonyl (C=O) groups excluding carboxylic acids is 1. The predicted octanol–water partition coefficient (Wildman–Crippen LogP) is 2.77. The lowest BCUT2D eigenvalue weighted by atomic mass is 10.1. The summed E-state index contributed by atoms with van der Waals surface area (Å²) in [5.74, 6) is 0.541. The van der Waals surface area contributed by atoms with Crippen molar-refractivity contribution in [1.82, 2.24) is 19.7 Å². The van der Waals surface area contributed by atoms with Crippen molar-refractivity contribution < 1.29 is 9.53 Å². The number of rotatable bonds is 4. The van der Waals surface area contributed by atoms with E-state index in [4.69, 9.17) is 4.74 Å². The quantitative estimate of drug-likeness (QED) is 0.740. The molecule has 7 heteroatoms. The third kappa shape index (κ3) is 4.08. The maximum atomic E-state index is 12.8. The Balaban J connectivity index is 1.37. The molecule has 0 spiro atoms. The molecule has 1 aliphatic rings. The average molecular weight is 392 g/mol. The van der Waals surface area contributed by atoms with Crippen LogP contribution in [0.15, 0.2) is 53.3 Å². The van der Waals surface area contributed by atoms with E-state index in [1.165, 1.54) is 6.07 Å². The average Bonchev–Trinajstić information content (AvgIpc) is 3.23. The Kier molecular flexibility index (Phi) is 5.20. The van der Waals surface area contributed by atoms with Gasteiger partial charge in [0.05, 0.1) is 5.69 Å². The number of nitrogens with one attached hydrogen (secondary N) is 1. The topological polar surface area (TPSA) is 80.2 Å². The summed E-state index contributed by atoms with van der Waals surface area (Å²) in [7, 11) is 1.74. The summed E-state index contributed by atoms with van der Waals surface area (Å²) in [4.78, 5) is 26.5. The highest BCUT2D eigenvalue weighted by Gasteiger charge is 2.26. The van der Waals surface area contributed by atoms with E-state index in [9.17, 15) is 9.59 Å². The van der Waals surface area contributed by atoms with E-state index in [2.05, 4.69) is 10.2 Å². The van der Waals surface area contributed by atoms with Gasteiger partial charge in [0, 0.05) is 50.3 Å². The number of hydrogen-bond donors (Lipinski definition) is 1. The van der Waals surface area contributed by atoms with Gasteiger partial charge in [0.1, 0.15) is 17.5 Å². The van der Waals surface area contributed by atoms with Crippen LogP contribution in [0.4, 0.5) is 0 Å². The number of aromatic amines is 1. The number of aryl methyl sites for hydroxylation is 1. The van der Waals surface area contributed by atoms with Crippen LogP contribution in [0.5, 0.6) is 5.75 Å². The lowest BCUT2D eigenvalue weighted by Gasteiger charge is -2.32. The third-order valence-electron chi connectivity index (χ3n) is 5.39. The standard InChI is InChI=1S/C22H24N4O3/c1-15-12-18(13-21(27)25(15)2)29-17-8-10-26(11-9-17)22(28)20-14-19(23-24-20)16-6-4-3-5-7-16/h3-7,12-14,17H,8-11H2,1-2H3,(H,23,24). The zero-order valence-corrected chi connectivity index (χ0v) is 16.6. The first-order chi connectivity index (χ1) is 14.0. The Labute approximate surface area is 168 Å². The van der Waals surface area contributed by atoms with Crippen molar-refractivity contribution >= 4 is 5.91 Å². The van der Waals surface area contributed by atoms with Crippen molar-refractivity contribution in [3.8, 4) is 17.0 Å². The molecule has 0 atom stereocenters. The number of benzene rings is 1. The molecule has 0 aliphatic carbocycles. The highest BCUT2D eigenvalue weighted by molar-refractivity contribution is 5.93. The number of carbonyl (C=O) groups is 1. The molecule has 1 aromatic carbocycles. The van der Waals surface area contributed by atoms with E-state index in [0.717, 1.165) is 29.8 Å². The van der Waals surface area contributed by atoms with Crippen molar-refractivity contribution in [3.05, 3.63) is 70.3 Å². The fourth-order valence-corrected chi connectivity index (χ4v) is 3.53. The number of nitrogens with zero attached hydrogens (tertiary/aromatic N) is 3. The second-order valence-corrected chi connectivity index (χ2v) is 7.37. The fourth-order valence-electron chi connectivity index (χ4n) is 3.53.